The highest BCUT2D eigenvalue weighted by Crippen LogP contribution is 2.29. The average molecular weight is 211 g/mol. The molecule has 1 nitrogen and oxygen atoms in total. The summed E-state index contributed by atoms with van der Waals surface area (Å²) in [5, 5.41) is 2.42. The fourth-order valence-corrected chi connectivity index (χ4v) is 2.23. The Hall–Kier alpha value is -1.67. The number of fused-ring (bicyclic) bond motifs is 3. The van der Waals surface area contributed by atoms with E-state index < -0.39 is 0 Å². The van der Waals surface area contributed by atoms with Gasteiger partial charge in [-0.2, -0.15) is 0 Å². The molecule has 1 N–H and O–H groups in total. The molecule has 0 atom stereocenters. The van der Waals surface area contributed by atoms with Crippen molar-refractivity contribution in [3.8, 4) is 11.3 Å². The normalized spacial score (nSPS) is 10.9. The van der Waals surface area contributed by atoms with Crippen LogP contribution in [0.5, 0.6) is 0 Å². The maximum absolute atomic E-state index is 5.36. The molecule has 1 aliphatic carbocycles. The molecular weight excluding hydrogens is 202 g/mol. The number of nitrogens with one attached hydrogen (secondary N) is 1. The molecule has 2 heteroatoms. The number of hydrogen-bond acceptors (Lipinski definition) is 1. The third-order valence-electron chi connectivity index (χ3n) is 2.64. The van der Waals surface area contributed by atoms with Crippen molar-refractivity contribution in [3.05, 3.63) is 53.2 Å². The Morgan fingerprint density at radius 1 is 0.933 bits per heavy atom. The van der Waals surface area contributed by atoms with E-state index in [-0.39, 0.29) is 0 Å². The summed E-state index contributed by atoms with van der Waals surface area (Å²) in [7, 11) is 0. The Labute approximate surface area is 92.7 Å². The highest BCUT2D eigenvalue weighted by atomic mass is 32.1. The largest absolute Gasteiger partial charge is 0.361 e. The van der Waals surface area contributed by atoms with E-state index in [1.807, 2.05) is 30.5 Å². The topological polar surface area (TPSA) is 15.8 Å². The Morgan fingerprint density at radius 2 is 1.80 bits per heavy atom. The Bertz CT molecular complexity index is 654. The summed E-state index contributed by atoms with van der Waals surface area (Å²) in [6, 6.07) is 14.3. The van der Waals surface area contributed by atoms with Crippen LogP contribution >= 0.6 is 12.2 Å². The first-order valence-electron chi connectivity index (χ1n) is 4.85. The van der Waals surface area contributed by atoms with Crippen LogP contribution in [0.2, 0.25) is 0 Å². The number of aromatic amines is 1. The van der Waals surface area contributed by atoms with Gasteiger partial charge in [-0.1, -0.05) is 42.5 Å². The van der Waals surface area contributed by atoms with Crippen molar-refractivity contribution in [2.75, 3.05) is 0 Å². The van der Waals surface area contributed by atoms with Gasteiger partial charge in [0.25, 0.3) is 0 Å². The third kappa shape index (κ3) is 1.26. The van der Waals surface area contributed by atoms with Crippen LogP contribution in [-0.2, 0) is 0 Å². The van der Waals surface area contributed by atoms with Crippen molar-refractivity contribution in [1.82, 2.24) is 4.98 Å². The van der Waals surface area contributed by atoms with Gasteiger partial charge < -0.3 is 4.98 Å². The van der Waals surface area contributed by atoms with Crippen molar-refractivity contribution >= 4 is 23.0 Å². The summed E-state index contributed by atoms with van der Waals surface area (Å²) in [4.78, 5) is 3.27. The molecule has 0 saturated carbocycles. The molecule has 0 fully saturated rings. The third-order valence-corrected chi connectivity index (χ3v) is 2.98. The predicted molar refractivity (Wildman–Crippen MR) is 65.8 cm³/mol. The molecule has 0 aromatic heterocycles. The van der Waals surface area contributed by atoms with Gasteiger partial charge in [-0.05, 0) is 22.9 Å². The lowest BCUT2D eigenvalue weighted by atomic mass is 10.0. The van der Waals surface area contributed by atoms with Gasteiger partial charge >= 0.3 is 0 Å². The Morgan fingerprint density at radius 3 is 2.73 bits per heavy atom. The van der Waals surface area contributed by atoms with E-state index in [4.69, 9.17) is 12.2 Å². The second-order valence-electron chi connectivity index (χ2n) is 3.55. The van der Waals surface area contributed by atoms with Gasteiger partial charge in [0.1, 0.15) is 0 Å². The molecule has 0 spiro atoms. The Balaban J connectivity index is 2.63. The van der Waals surface area contributed by atoms with Gasteiger partial charge in [-0.25, -0.2) is 0 Å². The van der Waals surface area contributed by atoms with Gasteiger partial charge in [-0.3, -0.25) is 0 Å². The summed E-state index contributed by atoms with van der Waals surface area (Å²) in [6.07, 6.45) is 2.02. The first-order chi connectivity index (χ1) is 7.36. The summed E-state index contributed by atoms with van der Waals surface area (Å²) >= 11 is 5.36. The second kappa shape index (κ2) is 3.17. The maximum atomic E-state index is 5.36. The number of pyridine rings is 1. The SMILES string of the molecule is S=c1cccc2[nH]cc3ccccc3c1-2. The molecule has 3 rings (SSSR count). The van der Waals surface area contributed by atoms with Crippen molar-refractivity contribution in [2.45, 2.75) is 0 Å². The molecule has 0 bridgehead atoms. The zero-order chi connectivity index (χ0) is 10.3. The summed E-state index contributed by atoms with van der Waals surface area (Å²) < 4.78 is 0.903. The molecule has 0 amide bonds. The summed E-state index contributed by atoms with van der Waals surface area (Å²) in [5.74, 6) is 0. The zero-order valence-electron chi connectivity index (χ0n) is 8.03. The van der Waals surface area contributed by atoms with Crippen molar-refractivity contribution in [3.63, 3.8) is 0 Å². The number of H-pyrrole nitrogens is 1. The van der Waals surface area contributed by atoms with Crippen molar-refractivity contribution in [2.24, 2.45) is 0 Å². The first-order valence-corrected chi connectivity index (χ1v) is 5.26. The molecule has 1 aromatic carbocycles. The minimum absolute atomic E-state index is 0.903. The van der Waals surface area contributed by atoms with E-state index >= 15 is 0 Å². The van der Waals surface area contributed by atoms with Crippen molar-refractivity contribution < 1.29 is 0 Å². The molecular formula is C13H9NS. The molecule has 1 aliphatic heterocycles. The molecule has 72 valence electrons. The lowest BCUT2D eigenvalue weighted by Gasteiger charge is -2.09. The standard InChI is InChI=1S/C13H9NS/c15-12-7-3-6-11-13(12)10-5-2-1-4-9(10)8-14-11/h1-8,14H. The highest BCUT2D eigenvalue weighted by molar-refractivity contribution is 7.71. The van der Waals surface area contributed by atoms with Crippen LogP contribution in [0.4, 0.5) is 0 Å². The van der Waals surface area contributed by atoms with Crippen molar-refractivity contribution in [1.29, 1.82) is 0 Å². The summed E-state index contributed by atoms with van der Waals surface area (Å²) in [6.45, 7) is 0. The lowest BCUT2D eigenvalue weighted by molar-refractivity contribution is 1.35. The fraction of sp³-hybridized carbons (Fsp3) is 0. The average Bonchev–Trinajstić information content (AvgIpc) is 2.29. The van der Waals surface area contributed by atoms with Gasteiger partial charge in [0.15, 0.2) is 0 Å². The van der Waals surface area contributed by atoms with E-state index in [0.29, 0.717) is 0 Å². The van der Waals surface area contributed by atoms with Gasteiger partial charge in [0.2, 0.25) is 0 Å². The van der Waals surface area contributed by atoms with Crippen LogP contribution in [0, 0.1) is 4.51 Å². The minimum Gasteiger partial charge on any atom is -0.361 e. The number of aromatic nitrogens is 1. The lowest BCUT2D eigenvalue weighted by Crippen LogP contribution is -1.88. The second-order valence-corrected chi connectivity index (χ2v) is 3.99. The molecule has 2 aliphatic rings. The predicted octanol–water partition coefficient (Wildman–Crippen LogP) is 4.00. The minimum atomic E-state index is 0.903. The maximum Gasteiger partial charge on any atom is 0.0476 e. The molecule has 0 unspecified atom stereocenters. The first kappa shape index (κ1) is 8.62. The summed E-state index contributed by atoms with van der Waals surface area (Å²) in [5.41, 5.74) is 2.24. The smallest absolute Gasteiger partial charge is 0.0476 e. The van der Waals surface area contributed by atoms with Crippen LogP contribution < -0.4 is 0 Å². The highest BCUT2D eigenvalue weighted by Gasteiger charge is 2.06. The van der Waals surface area contributed by atoms with Crippen LogP contribution in [0.25, 0.3) is 22.0 Å². The van der Waals surface area contributed by atoms with Gasteiger partial charge in [0, 0.05) is 22.0 Å². The van der Waals surface area contributed by atoms with Crippen LogP contribution in [-0.4, -0.2) is 4.98 Å². The molecule has 0 saturated heterocycles. The van der Waals surface area contributed by atoms with Crippen LogP contribution in [0.3, 0.4) is 0 Å². The van der Waals surface area contributed by atoms with E-state index in [1.165, 1.54) is 10.8 Å². The number of rotatable bonds is 0. The van der Waals surface area contributed by atoms with Gasteiger partial charge in [0.05, 0.1) is 0 Å². The molecule has 1 aromatic rings. The zero-order valence-corrected chi connectivity index (χ0v) is 8.84. The fourth-order valence-electron chi connectivity index (χ4n) is 1.94. The number of hydrogen-bond donors (Lipinski definition) is 1. The van der Waals surface area contributed by atoms with E-state index in [1.54, 1.807) is 0 Å². The molecule has 0 radical (unpaired) electrons. The molecule has 15 heavy (non-hydrogen) atoms. The van der Waals surface area contributed by atoms with E-state index in [9.17, 15) is 0 Å². The van der Waals surface area contributed by atoms with Gasteiger partial charge in [-0.15, -0.1) is 0 Å². The quantitative estimate of drug-likeness (QED) is 0.439. The molecule has 1 heterocycles. The number of benzene rings is 2. The monoisotopic (exact) mass is 211 g/mol. The van der Waals surface area contributed by atoms with Crippen LogP contribution in [0.1, 0.15) is 0 Å². The van der Waals surface area contributed by atoms with E-state index in [0.717, 1.165) is 15.8 Å². The Kier molecular flexibility index (Phi) is 1.82. The van der Waals surface area contributed by atoms with E-state index in [2.05, 4.69) is 23.2 Å². The van der Waals surface area contributed by atoms with Crippen LogP contribution in [0.15, 0.2) is 48.7 Å².